The first-order valence-corrected chi connectivity index (χ1v) is 9.62. The summed E-state index contributed by atoms with van der Waals surface area (Å²) in [6.07, 6.45) is 0.227. The third kappa shape index (κ3) is 3.95. The van der Waals surface area contributed by atoms with Crippen LogP contribution in [0.3, 0.4) is 0 Å². The molecule has 0 spiro atoms. The summed E-state index contributed by atoms with van der Waals surface area (Å²) in [5.41, 5.74) is 0.635. The Kier molecular flexibility index (Phi) is 5.72. The Hall–Kier alpha value is -2.09. The number of aryl methyl sites for hydroxylation is 1. The van der Waals surface area contributed by atoms with E-state index in [1.807, 2.05) is 13.8 Å². The SMILES string of the molecule is COc1ccc(S(=O)(=O)N2C(=O)CC[C@@H]2C(=O)NCC(C)C)cc1C. The number of rotatable bonds is 6. The van der Waals surface area contributed by atoms with Crippen molar-refractivity contribution >= 4 is 21.8 Å². The van der Waals surface area contributed by atoms with Gasteiger partial charge in [0.05, 0.1) is 12.0 Å². The number of amides is 2. The average Bonchev–Trinajstić information content (AvgIpc) is 2.94. The van der Waals surface area contributed by atoms with Gasteiger partial charge in [-0.2, -0.15) is 0 Å². The molecule has 0 aliphatic carbocycles. The molecule has 0 radical (unpaired) electrons. The van der Waals surface area contributed by atoms with Crippen LogP contribution in [0.1, 0.15) is 32.3 Å². The first kappa shape index (κ1) is 19.2. The number of nitrogens with one attached hydrogen (secondary N) is 1. The van der Waals surface area contributed by atoms with Gasteiger partial charge in [-0.25, -0.2) is 12.7 Å². The largest absolute Gasteiger partial charge is 0.496 e. The topological polar surface area (TPSA) is 92.8 Å². The van der Waals surface area contributed by atoms with Crippen molar-refractivity contribution in [2.24, 2.45) is 5.92 Å². The van der Waals surface area contributed by atoms with Gasteiger partial charge in [-0.05, 0) is 43.0 Å². The lowest BCUT2D eigenvalue weighted by Gasteiger charge is -2.24. The molecule has 1 aromatic rings. The molecule has 1 aliphatic heterocycles. The van der Waals surface area contributed by atoms with Crippen LogP contribution in [0.15, 0.2) is 23.1 Å². The average molecular weight is 368 g/mol. The number of carbonyl (C=O) groups is 2. The van der Waals surface area contributed by atoms with Gasteiger partial charge in [0.2, 0.25) is 11.8 Å². The second kappa shape index (κ2) is 7.43. The molecule has 1 atom stereocenters. The summed E-state index contributed by atoms with van der Waals surface area (Å²) in [4.78, 5) is 24.5. The zero-order valence-corrected chi connectivity index (χ0v) is 15.7. The van der Waals surface area contributed by atoms with Gasteiger partial charge in [-0.15, -0.1) is 0 Å². The Morgan fingerprint density at radius 1 is 1.40 bits per heavy atom. The Balaban J connectivity index is 2.33. The van der Waals surface area contributed by atoms with Crippen LogP contribution in [0.5, 0.6) is 5.75 Å². The summed E-state index contributed by atoms with van der Waals surface area (Å²) in [5.74, 6) is -0.209. The smallest absolute Gasteiger partial charge is 0.267 e. The maximum atomic E-state index is 12.9. The molecular weight excluding hydrogens is 344 g/mol. The van der Waals surface area contributed by atoms with Gasteiger partial charge < -0.3 is 10.1 Å². The molecule has 0 bridgehead atoms. The number of hydrogen-bond donors (Lipinski definition) is 1. The van der Waals surface area contributed by atoms with E-state index in [0.717, 1.165) is 4.31 Å². The Labute approximate surface area is 148 Å². The summed E-state index contributed by atoms with van der Waals surface area (Å²) >= 11 is 0. The molecule has 7 nitrogen and oxygen atoms in total. The molecular formula is C17H24N2O5S. The molecule has 1 fully saturated rings. The van der Waals surface area contributed by atoms with Crippen molar-refractivity contribution in [1.82, 2.24) is 9.62 Å². The standard InChI is InChI=1S/C17H24N2O5S/c1-11(2)10-18-17(21)14-6-8-16(20)19(14)25(22,23)13-5-7-15(24-4)12(3)9-13/h5,7,9,11,14H,6,8,10H2,1-4H3,(H,18,21)/t14-/m1/s1. The van der Waals surface area contributed by atoms with Gasteiger partial charge in [0.15, 0.2) is 0 Å². The number of carbonyl (C=O) groups excluding carboxylic acids is 2. The normalized spacial score (nSPS) is 17.9. The summed E-state index contributed by atoms with van der Waals surface area (Å²) in [7, 11) is -2.61. The van der Waals surface area contributed by atoms with Crippen LogP contribution in [0, 0.1) is 12.8 Å². The zero-order valence-electron chi connectivity index (χ0n) is 14.9. The van der Waals surface area contributed by atoms with Gasteiger partial charge in [0, 0.05) is 13.0 Å². The lowest BCUT2D eigenvalue weighted by Crippen LogP contribution is -2.48. The minimum atomic E-state index is -4.10. The highest BCUT2D eigenvalue weighted by atomic mass is 32.2. The summed E-state index contributed by atoms with van der Waals surface area (Å²) in [6, 6.07) is 3.37. The number of hydrogen-bond acceptors (Lipinski definition) is 5. The van der Waals surface area contributed by atoms with E-state index in [0.29, 0.717) is 17.9 Å². The first-order valence-electron chi connectivity index (χ1n) is 8.18. The molecule has 0 unspecified atom stereocenters. The van der Waals surface area contributed by atoms with E-state index < -0.39 is 27.9 Å². The summed E-state index contributed by atoms with van der Waals surface area (Å²) in [5, 5.41) is 2.71. The van der Waals surface area contributed by atoms with E-state index in [1.165, 1.54) is 25.3 Å². The maximum Gasteiger partial charge on any atom is 0.267 e. The third-order valence-electron chi connectivity index (χ3n) is 4.07. The van der Waals surface area contributed by atoms with Gasteiger partial charge in [-0.1, -0.05) is 13.8 Å². The highest BCUT2D eigenvalue weighted by molar-refractivity contribution is 7.89. The third-order valence-corrected chi connectivity index (χ3v) is 5.90. The van der Waals surface area contributed by atoms with Gasteiger partial charge in [0.25, 0.3) is 10.0 Å². The predicted molar refractivity (Wildman–Crippen MR) is 92.6 cm³/mol. The number of nitrogens with zero attached hydrogens (tertiary/aromatic N) is 1. The van der Waals surface area contributed by atoms with Crippen molar-refractivity contribution in [3.8, 4) is 5.75 Å². The molecule has 2 rings (SSSR count). The number of methoxy groups -OCH3 is 1. The molecule has 8 heteroatoms. The quantitative estimate of drug-likeness (QED) is 0.820. The summed E-state index contributed by atoms with van der Waals surface area (Å²) < 4.78 is 31.7. The Bertz CT molecular complexity index is 773. The molecule has 2 amide bonds. The molecule has 1 aromatic carbocycles. The van der Waals surface area contributed by atoms with Crippen molar-refractivity contribution in [2.75, 3.05) is 13.7 Å². The maximum absolute atomic E-state index is 12.9. The van der Waals surface area contributed by atoms with Crippen molar-refractivity contribution in [1.29, 1.82) is 0 Å². The van der Waals surface area contributed by atoms with E-state index >= 15 is 0 Å². The molecule has 0 saturated carbocycles. The molecule has 138 valence electrons. The monoisotopic (exact) mass is 368 g/mol. The highest BCUT2D eigenvalue weighted by Gasteiger charge is 2.44. The predicted octanol–water partition coefficient (Wildman–Crippen LogP) is 1.46. The van der Waals surface area contributed by atoms with Gasteiger partial charge in [0.1, 0.15) is 11.8 Å². The lowest BCUT2D eigenvalue weighted by atomic mass is 10.2. The van der Waals surface area contributed by atoms with E-state index in [4.69, 9.17) is 4.74 Å². The fourth-order valence-corrected chi connectivity index (χ4v) is 4.44. The van der Waals surface area contributed by atoms with Gasteiger partial charge in [-0.3, -0.25) is 9.59 Å². The molecule has 25 heavy (non-hydrogen) atoms. The van der Waals surface area contributed by atoms with Crippen LogP contribution in [0.4, 0.5) is 0 Å². The summed E-state index contributed by atoms with van der Waals surface area (Å²) in [6.45, 7) is 6.03. The van der Waals surface area contributed by atoms with E-state index in [-0.39, 0.29) is 23.7 Å². The molecule has 0 aromatic heterocycles. The fourth-order valence-electron chi connectivity index (χ4n) is 2.75. The minimum absolute atomic E-state index is 0.0253. The molecule has 1 heterocycles. The van der Waals surface area contributed by atoms with Crippen LogP contribution in [-0.4, -0.2) is 44.2 Å². The molecule has 1 saturated heterocycles. The van der Waals surface area contributed by atoms with Crippen LogP contribution < -0.4 is 10.1 Å². The highest BCUT2D eigenvalue weighted by Crippen LogP contribution is 2.29. The second-order valence-corrected chi connectivity index (χ2v) is 8.33. The van der Waals surface area contributed by atoms with E-state index in [2.05, 4.69) is 5.32 Å². The van der Waals surface area contributed by atoms with Crippen LogP contribution in [0.25, 0.3) is 0 Å². The number of ether oxygens (including phenoxy) is 1. The molecule has 1 aliphatic rings. The number of benzene rings is 1. The van der Waals surface area contributed by atoms with Crippen LogP contribution >= 0.6 is 0 Å². The lowest BCUT2D eigenvalue weighted by molar-refractivity contribution is -0.130. The Morgan fingerprint density at radius 2 is 2.08 bits per heavy atom. The minimum Gasteiger partial charge on any atom is -0.496 e. The molecule has 1 N–H and O–H groups in total. The first-order chi connectivity index (χ1) is 11.7. The van der Waals surface area contributed by atoms with Crippen molar-refractivity contribution in [3.05, 3.63) is 23.8 Å². The van der Waals surface area contributed by atoms with Crippen molar-refractivity contribution in [3.63, 3.8) is 0 Å². The van der Waals surface area contributed by atoms with Crippen LogP contribution in [0.2, 0.25) is 0 Å². The van der Waals surface area contributed by atoms with E-state index in [1.54, 1.807) is 6.92 Å². The zero-order chi connectivity index (χ0) is 18.8. The van der Waals surface area contributed by atoms with E-state index in [9.17, 15) is 18.0 Å². The van der Waals surface area contributed by atoms with Crippen LogP contribution in [-0.2, 0) is 19.6 Å². The fraction of sp³-hybridized carbons (Fsp3) is 0.529. The second-order valence-electron chi connectivity index (χ2n) is 6.52. The van der Waals surface area contributed by atoms with Crippen molar-refractivity contribution < 1.29 is 22.7 Å². The van der Waals surface area contributed by atoms with Crippen molar-refractivity contribution in [2.45, 2.75) is 44.6 Å². The Morgan fingerprint density at radius 3 is 2.64 bits per heavy atom. The number of sulfonamides is 1. The van der Waals surface area contributed by atoms with Gasteiger partial charge >= 0.3 is 0 Å².